The molecule has 1 saturated heterocycles. The minimum absolute atomic E-state index is 0.0326. The first-order chi connectivity index (χ1) is 8.66. The summed E-state index contributed by atoms with van der Waals surface area (Å²) in [5.74, 6) is 0.354. The van der Waals surface area contributed by atoms with Gasteiger partial charge in [0.15, 0.2) is 0 Å². The summed E-state index contributed by atoms with van der Waals surface area (Å²) in [7, 11) is 0. The normalized spacial score (nSPS) is 20.1. The molecule has 0 amide bonds. The van der Waals surface area contributed by atoms with Crippen LogP contribution in [0.2, 0.25) is 0 Å². The SMILES string of the molecule is Nc1nc2cc(C(F)F)ccc2n1C1CCOC1. The molecule has 1 aromatic heterocycles. The molecule has 0 saturated carbocycles. The summed E-state index contributed by atoms with van der Waals surface area (Å²) in [6.45, 7) is 1.28. The van der Waals surface area contributed by atoms with Crippen LogP contribution in [0.5, 0.6) is 0 Å². The van der Waals surface area contributed by atoms with Gasteiger partial charge in [0.2, 0.25) is 5.95 Å². The maximum absolute atomic E-state index is 12.6. The third kappa shape index (κ3) is 1.73. The van der Waals surface area contributed by atoms with Crippen LogP contribution < -0.4 is 5.73 Å². The molecule has 1 unspecified atom stereocenters. The molecule has 0 radical (unpaired) electrons. The van der Waals surface area contributed by atoms with Crippen LogP contribution in [0.15, 0.2) is 18.2 Å². The van der Waals surface area contributed by atoms with E-state index < -0.39 is 6.43 Å². The van der Waals surface area contributed by atoms with E-state index in [1.54, 1.807) is 6.07 Å². The van der Waals surface area contributed by atoms with E-state index in [0.29, 0.717) is 24.7 Å². The van der Waals surface area contributed by atoms with Gasteiger partial charge < -0.3 is 15.0 Å². The number of ether oxygens (including phenoxy) is 1. The largest absolute Gasteiger partial charge is 0.379 e. The van der Waals surface area contributed by atoms with Crippen LogP contribution in [-0.2, 0) is 4.74 Å². The second-order valence-corrected chi connectivity index (χ2v) is 4.41. The topological polar surface area (TPSA) is 53.1 Å². The molecule has 3 rings (SSSR count). The van der Waals surface area contributed by atoms with E-state index in [4.69, 9.17) is 10.5 Å². The van der Waals surface area contributed by atoms with E-state index >= 15 is 0 Å². The van der Waals surface area contributed by atoms with Gasteiger partial charge in [0.25, 0.3) is 6.43 Å². The van der Waals surface area contributed by atoms with Crippen LogP contribution in [0.1, 0.15) is 24.5 Å². The molecule has 18 heavy (non-hydrogen) atoms. The van der Waals surface area contributed by atoms with Crippen molar-refractivity contribution in [3.8, 4) is 0 Å². The molecule has 1 aliphatic heterocycles. The Morgan fingerprint density at radius 1 is 1.44 bits per heavy atom. The molecule has 2 aromatic rings. The Hall–Kier alpha value is -1.69. The molecule has 1 atom stereocenters. The van der Waals surface area contributed by atoms with Gasteiger partial charge in [-0.15, -0.1) is 0 Å². The number of rotatable bonds is 2. The number of halogens is 2. The molecule has 1 fully saturated rings. The summed E-state index contributed by atoms with van der Waals surface area (Å²) in [5, 5.41) is 0. The van der Waals surface area contributed by atoms with Gasteiger partial charge in [-0.3, -0.25) is 0 Å². The van der Waals surface area contributed by atoms with Crippen molar-refractivity contribution in [3.05, 3.63) is 23.8 Å². The van der Waals surface area contributed by atoms with E-state index in [1.165, 1.54) is 12.1 Å². The van der Waals surface area contributed by atoms with Gasteiger partial charge in [-0.25, -0.2) is 13.8 Å². The number of alkyl halides is 2. The number of aromatic nitrogens is 2. The van der Waals surface area contributed by atoms with Crippen LogP contribution in [0.25, 0.3) is 11.0 Å². The third-order valence-electron chi connectivity index (χ3n) is 3.26. The van der Waals surface area contributed by atoms with Crippen molar-refractivity contribution in [1.29, 1.82) is 0 Å². The molecule has 96 valence electrons. The quantitative estimate of drug-likeness (QED) is 0.894. The number of hydrogen-bond acceptors (Lipinski definition) is 3. The maximum Gasteiger partial charge on any atom is 0.263 e. The minimum Gasteiger partial charge on any atom is -0.379 e. The van der Waals surface area contributed by atoms with Crippen LogP contribution in [0.3, 0.4) is 0 Å². The van der Waals surface area contributed by atoms with E-state index in [1.807, 2.05) is 4.57 Å². The van der Waals surface area contributed by atoms with Gasteiger partial charge in [-0.1, -0.05) is 6.07 Å². The Morgan fingerprint density at radius 2 is 2.28 bits per heavy atom. The average Bonchev–Trinajstić information content (AvgIpc) is 2.93. The summed E-state index contributed by atoms with van der Waals surface area (Å²) in [4.78, 5) is 4.15. The number of nitrogens with two attached hydrogens (primary N) is 1. The van der Waals surface area contributed by atoms with Crippen molar-refractivity contribution >= 4 is 17.0 Å². The first-order valence-corrected chi connectivity index (χ1v) is 5.80. The first kappa shape index (κ1) is 11.4. The molecule has 0 aliphatic carbocycles. The Morgan fingerprint density at radius 3 is 2.94 bits per heavy atom. The Kier molecular flexibility index (Phi) is 2.66. The first-order valence-electron chi connectivity index (χ1n) is 5.80. The number of anilines is 1. The lowest BCUT2D eigenvalue weighted by molar-refractivity contribution is 0.151. The highest BCUT2D eigenvalue weighted by atomic mass is 19.3. The van der Waals surface area contributed by atoms with Crippen molar-refractivity contribution < 1.29 is 13.5 Å². The lowest BCUT2D eigenvalue weighted by Gasteiger charge is -2.12. The standard InChI is InChI=1S/C12H13F2N3O/c13-11(14)7-1-2-10-9(5-7)16-12(15)17(10)8-3-4-18-6-8/h1-2,5,8,11H,3-4,6H2,(H2,15,16). The number of imidazole rings is 1. The maximum atomic E-state index is 12.6. The second kappa shape index (κ2) is 4.20. The smallest absolute Gasteiger partial charge is 0.263 e. The van der Waals surface area contributed by atoms with E-state index in [2.05, 4.69) is 4.98 Å². The van der Waals surface area contributed by atoms with Crippen molar-refractivity contribution in [2.24, 2.45) is 0 Å². The predicted molar refractivity (Wildman–Crippen MR) is 63.6 cm³/mol. The fourth-order valence-electron chi connectivity index (χ4n) is 2.38. The molecule has 0 bridgehead atoms. The van der Waals surface area contributed by atoms with Gasteiger partial charge in [-0.2, -0.15) is 0 Å². The van der Waals surface area contributed by atoms with E-state index in [9.17, 15) is 8.78 Å². The van der Waals surface area contributed by atoms with Crippen molar-refractivity contribution in [2.75, 3.05) is 18.9 Å². The summed E-state index contributed by atoms with van der Waals surface area (Å²) in [6, 6.07) is 4.61. The summed E-state index contributed by atoms with van der Waals surface area (Å²) >= 11 is 0. The molecule has 2 N–H and O–H groups in total. The molecule has 1 aromatic carbocycles. The lowest BCUT2D eigenvalue weighted by atomic mass is 10.2. The van der Waals surface area contributed by atoms with Crippen molar-refractivity contribution in [3.63, 3.8) is 0 Å². The van der Waals surface area contributed by atoms with Crippen LogP contribution >= 0.6 is 0 Å². The Bertz CT molecular complexity index is 576. The third-order valence-corrected chi connectivity index (χ3v) is 3.26. The Labute approximate surface area is 102 Å². The summed E-state index contributed by atoms with van der Waals surface area (Å²) < 4.78 is 32.4. The minimum atomic E-state index is -2.49. The van der Waals surface area contributed by atoms with E-state index in [0.717, 1.165) is 11.9 Å². The zero-order valence-corrected chi connectivity index (χ0v) is 9.64. The molecule has 0 spiro atoms. The molecule has 4 nitrogen and oxygen atoms in total. The number of nitrogens with zero attached hydrogens (tertiary/aromatic N) is 2. The monoisotopic (exact) mass is 253 g/mol. The van der Waals surface area contributed by atoms with E-state index in [-0.39, 0.29) is 11.6 Å². The molecular weight excluding hydrogens is 240 g/mol. The highest BCUT2D eigenvalue weighted by molar-refractivity contribution is 5.79. The summed E-state index contributed by atoms with van der Waals surface area (Å²) in [5.41, 5.74) is 7.13. The number of hydrogen-bond donors (Lipinski definition) is 1. The molecule has 1 aliphatic rings. The molecule has 6 heteroatoms. The van der Waals surface area contributed by atoms with Gasteiger partial charge in [0, 0.05) is 12.2 Å². The second-order valence-electron chi connectivity index (χ2n) is 4.41. The van der Waals surface area contributed by atoms with Crippen molar-refractivity contribution in [1.82, 2.24) is 9.55 Å². The number of benzene rings is 1. The van der Waals surface area contributed by atoms with Crippen LogP contribution in [0, 0.1) is 0 Å². The fraction of sp³-hybridized carbons (Fsp3) is 0.417. The number of fused-ring (bicyclic) bond motifs is 1. The highest BCUT2D eigenvalue weighted by Gasteiger charge is 2.22. The molecule has 2 heterocycles. The van der Waals surface area contributed by atoms with Crippen LogP contribution in [0.4, 0.5) is 14.7 Å². The predicted octanol–water partition coefficient (Wildman–Crippen LogP) is 2.52. The van der Waals surface area contributed by atoms with Gasteiger partial charge >= 0.3 is 0 Å². The molecular formula is C12H13F2N3O. The average molecular weight is 253 g/mol. The van der Waals surface area contributed by atoms with Crippen LogP contribution in [-0.4, -0.2) is 22.8 Å². The highest BCUT2D eigenvalue weighted by Crippen LogP contribution is 2.30. The Balaban J connectivity index is 2.12. The van der Waals surface area contributed by atoms with Gasteiger partial charge in [-0.05, 0) is 18.6 Å². The fourth-order valence-corrected chi connectivity index (χ4v) is 2.38. The number of nitrogen functional groups attached to an aromatic ring is 1. The van der Waals surface area contributed by atoms with Gasteiger partial charge in [0.1, 0.15) is 0 Å². The zero-order valence-electron chi connectivity index (χ0n) is 9.64. The van der Waals surface area contributed by atoms with Crippen molar-refractivity contribution in [2.45, 2.75) is 18.9 Å². The zero-order chi connectivity index (χ0) is 12.7. The van der Waals surface area contributed by atoms with Gasteiger partial charge in [0.05, 0.1) is 23.7 Å². The summed E-state index contributed by atoms with van der Waals surface area (Å²) in [6.07, 6.45) is -1.62. The lowest BCUT2D eigenvalue weighted by Crippen LogP contribution is -2.11.